The van der Waals surface area contributed by atoms with Crippen LogP contribution in [0.1, 0.15) is 5.56 Å². The number of nitrogens with zero attached hydrogens (tertiary/aromatic N) is 2. The van der Waals surface area contributed by atoms with Crippen molar-refractivity contribution in [2.75, 3.05) is 0 Å². The Kier molecular flexibility index (Phi) is 2.53. The maximum atomic E-state index is 4.43. The van der Waals surface area contributed by atoms with Crippen LogP contribution in [0.5, 0.6) is 0 Å². The van der Waals surface area contributed by atoms with Crippen LogP contribution < -0.4 is 0 Å². The number of imidazole rings is 1. The zero-order valence-electron chi connectivity index (χ0n) is 9.50. The van der Waals surface area contributed by atoms with Crippen LogP contribution in [-0.2, 0) is 0 Å². The highest BCUT2D eigenvalue weighted by molar-refractivity contribution is 7.13. The molecule has 0 atom stereocenters. The predicted molar refractivity (Wildman–Crippen MR) is 71.6 cm³/mol. The molecule has 3 rings (SSSR count). The number of benzene rings is 1. The first-order valence-electron chi connectivity index (χ1n) is 5.49. The number of hydrogen-bond donors (Lipinski definition) is 0. The van der Waals surface area contributed by atoms with Gasteiger partial charge in [0.2, 0.25) is 0 Å². The first-order valence-corrected chi connectivity index (χ1v) is 6.37. The molecule has 0 fully saturated rings. The van der Waals surface area contributed by atoms with Crippen LogP contribution in [0.15, 0.2) is 54.2 Å². The van der Waals surface area contributed by atoms with Crippen LogP contribution in [0.4, 0.5) is 0 Å². The van der Waals surface area contributed by atoms with Gasteiger partial charge < -0.3 is 0 Å². The van der Waals surface area contributed by atoms with Crippen LogP contribution >= 0.6 is 11.3 Å². The molecule has 0 bridgehead atoms. The van der Waals surface area contributed by atoms with E-state index in [-0.39, 0.29) is 0 Å². The van der Waals surface area contributed by atoms with Crippen LogP contribution in [0, 0.1) is 6.92 Å². The smallest absolute Gasteiger partial charge is 0.154 e. The summed E-state index contributed by atoms with van der Waals surface area (Å²) in [7, 11) is 0. The zero-order valence-corrected chi connectivity index (χ0v) is 10.3. The van der Waals surface area contributed by atoms with Crippen LogP contribution in [0.2, 0.25) is 0 Å². The summed E-state index contributed by atoms with van der Waals surface area (Å²) in [6, 6.07) is 12.6. The minimum absolute atomic E-state index is 1.00. The van der Waals surface area contributed by atoms with E-state index in [2.05, 4.69) is 52.2 Å². The monoisotopic (exact) mass is 240 g/mol. The van der Waals surface area contributed by atoms with Gasteiger partial charge >= 0.3 is 0 Å². The fourth-order valence-electron chi connectivity index (χ4n) is 1.81. The summed E-state index contributed by atoms with van der Waals surface area (Å²) in [5, 5.41) is 2.07. The molecule has 0 saturated carbocycles. The number of aryl methyl sites for hydroxylation is 1. The first-order chi connectivity index (χ1) is 8.34. The summed E-state index contributed by atoms with van der Waals surface area (Å²) < 4.78 is 2.12. The molecule has 84 valence electrons. The third-order valence-corrected chi connectivity index (χ3v) is 3.56. The molecule has 3 heteroatoms. The second-order valence-corrected chi connectivity index (χ2v) is 4.88. The molecule has 0 amide bonds. The van der Waals surface area contributed by atoms with Gasteiger partial charge in [0.15, 0.2) is 5.82 Å². The molecule has 2 aromatic heterocycles. The summed E-state index contributed by atoms with van der Waals surface area (Å²) in [6.45, 7) is 2.10. The summed E-state index contributed by atoms with van der Waals surface area (Å²) in [6.07, 6.45) is 3.84. The van der Waals surface area contributed by atoms with Crippen LogP contribution in [0.3, 0.4) is 0 Å². The summed E-state index contributed by atoms with van der Waals surface area (Å²) in [5.41, 5.74) is 2.42. The average Bonchev–Trinajstić information content (AvgIpc) is 3.00. The van der Waals surface area contributed by atoms with Crippen molar-refractivity contribution < 1.29 is 0 Å². The second-order valence-electron chi connectivity index (χ2n) is 3.93. The molecule has 0 aliphatic rings. The Labute approximate surface area is 104 Å². The van der Waals surface area contributed by atoms with Crippen molar-refractivity contribution in [3.63, 3.8) is 0 Å². The molecule has 2 heterocycles. The Morgan fingerprint density at radius 3 is 2.65 bits per heavy atom. The van der Waals surface area contributed by atoms with Gasteiger partial charge in [-0.25, -0.2) is 4.98 Å². The fourth-order valence-corrected chi connectivity index (χ4v) is 2.52. The molecule has 0 N–H and O–H groups in total. The van der Waals surface area contributed by atoms with E-state index in [9.17, 15) is 0 Å². The average molecular weight is 240 g/mol. The van der Waals surface area contributed by atoms with E-state index >= 15 is 0 Å². The zero-order chi connectivity index (χ0) is 11.7. The standard InChI is InChI=1S/C14H12N2S/c1-11-4-6-12(7-5-11)16-9-8-15-14(16)13-3-2-10-17-13/h2-10H,1H3. The van der Waals surface area contributed by atoms with Crippen LogP contribution in [-0.4, -0.2) is 9.55 Å². The van der Waals surface area contributed by atoms with Gasteiger partial charge in [-0.3, -0.25) is 4.57 Å². The van der Waals surface area contributed by atoms with Gasteiger partial charge in [-0.1, -0.05) is 23.8 Å². The highest BCUT2D eigenvalue weighted by Crippen LogP contribution is 2.25. The highest BCUT2D eigenvalue weighted by atomic mass is 32.1. The van der Waals surface area contributed by atoms with Gasteiger partial charge in [0, 0.05) is 18.1 Å². The Bertz CT molecular complexity index is 606. The van der Waals surface area contributed by atoms with Crippen molar-refractivity contribution in [2.24, 2.45) is 0 Å². The lowest BCUT2D eigenvalue weighted by Gasteiger charge is -2.06. The van der Waals surface area contributed by atoms with Gasteiger partial charge in [0.05, 0.1) is 4.88 Å². The summed E-state index contributed by atoms with van der Waals surface area (Å²) in [5.74, 6) is 1.00. The van der Waals surface area contributed by atoms with Crippen molar-refractivity contribution >= 4 is 11.3 Å². The molecule has 0 saturated heterocycles. The molecule has 0 aliphatic heterocycles. The van der Waals surface area contributed by atoms with E-state index in [0.29, 0.717) is 0 Å². The van der Waals surface area contributed by atoms with Gasteiger partial charge in [0.1, 0.15) is 0 Å². The third kappa shape index (κ3) is 1.89. The van der Waals surface area contributed by atoms with Gasteiger partial charge in [-0.05, 0) is 30.5 Å². The van der Waals surface area contributed by atoms with E-state index in [4.69, 9.17) is 0 Å². The molecule has 17 heavy (non-hydrogen) atoms. The number of thiophene rings is 1. The van der Waals surface area contributed by atoms with Crippen molar-refractivity contribution in [3.05, 3.63) is 59.7 Å². The van der Waals surface area contributed by atoms with Crippen molar-refractivity contribution in [3.8, 4) is 16.4 Å². The van der Waals surface area contributed by atoms with Gasteiger partial charge in [-0.15, -0.1) is 11.3 Å². The normalized spacial score (nSPS) is 10.6. The van der Waals surface area contributed by atoms with Gasteiger partial charge in [0.25, 0.3) is 0 Å². The molecule has 1 aromatic carbocycles. The molecule has 0 spiro atoms. The molecule has 0 aliphatic carbocycles. The first kappa shape index (κ1) is 10.3. The Morgan fingerprint density at radius 2 is 1.94 bits per heavy atom. The minimum atomic E-state index is 1.00. The van der Waals surface area contributed by atoms with Gasteiger partial charge in [-0.2, -0.15) is 0 Å². The number of rotatable bonds is 2. The lowest BCUT2D eigenvalue weighted by atomic mass is 10.2. The van der Waals surface area contributed by atoms with E-state index in [0.717, 1.165) is 11.5 Å². The second kappa shape index (κ2) is 4.18. The third-order valence-electron chi connectivity index (χ3n) is 2.69. The minimum Gasteiger partial charge on any atom is -0.299 e. The maximum absolute atomic E-state index is 4.43. The van der Waals surface area contributed by atoms with E-state index in [1.165, 1.54) is 10.4 Å². The Hall–Kier alpha value is -1.87. The lowest BCUT2D eigenvalue weighted by molar-refractivity contribution is 1.07. The maximum Gasteiger partial charge on any atom is 0.154 e. The molecular formula is C14H12N2S. The van der Waals surface area contributed by atoms with E-state index in [1.807, 2.05) is 18.5 Å². The molecular weight excluding hydrogens is 228 g/mol. The van der Waals surface area contributed by atoms with Crippen molar-refractivity contribution in [1.82, 2.24) is 9.55 Å². The molecule has 3 aromatic rings. The Balaban J connectivity index is 2.10. The van der Waals surface area contributed by atoms with Crippen LogP contribution in [0.25, 0.3) is 16.4 Å². The largest absolute Gasteiger partial charge is 0.299 e. The molecule has 0 radical (unpaired) electrons. The van der Waals surface area contributed by atoms with Crippen molar-refractivity contribution in [2.45, 2.75) is 6.92 Å². The Morgan fingerprint density at radius 1 is 1.12 bits per heavy atom. The van der Waals surface area contributed by atoms with E-state index < -0.39 is 0 Å². The van der Waals surface area contributed by atoms with E-state index in [1.54, 1.807) is 11.3 Å². The predicted octanol–water partition coefficient (Wildman–Crippen LogP) is 3.91. The topological polar surface area (TPSA) is 17.8 Å². The fraction of sp³-hybridized carbons (Fsp3) is 0.0714. The summed E-state index contributed by atoms with van der Waals surface area (Å²) in [4.78, 5) is 5.62. The SMILES string of the molecule is Cc1ccc(-n2ccnc2-c2cccs2)cc1. The highest BCUT2D eigenvalue weighted by Gasteiger charge is 2.07. The number of hydrogen-bond acceptors (Lipinski definition) is 2. The molecule has 0 unspecified atom stereocenters. The number of aromatic nitrogens is 2. The lowest BCUT2D eigenvalue weighted by Crippen LogP contribution is -1.94. The van der Waals surface area contributed by atoms with Crippen molar-refractivity contribution in [1.29, 1.82) is 0 Å². The molecule has 2 nitrogen and oxygen atoms in total. The quantitative estimate of drug-likeness (QED) is 0.664. The summed E-state index contributed by atoms with van der Waals surface area (Å²) >= 11 is 1.71.